The van der Waals surface area contributed by atoms with Gasteiger partial charge in [0.15, 0.2) is 0 Å². The number of hydrogen-bond acceptors (Lipinski definition) is 2. The topological polar surface area (TPSA) is 21.3 Å². The highest BCUT2D eigenvalue weighted by molar-refractivity contribution is 5.22. The number of nitrogens with one attached hydrogen (secondary N) is 1. The van der Waals surface area contributed by atoms with E-state index in [4.69, 9.17) is 4.74 Å². The zero-order valence-corrected chi connectivity index (χ0v) is 11.3. The molecule has 1 fully saturated rings. The Bertz CT molecular complexity index is 405. The summed E-state index contributed by atoms with van der Waals surface area (Å²) in [6.45, 7) is 3.58. The Balaban J connectivity index is 2.01. The van der Waals surface area contributed by atoms with Gasteiger partial charge < -0.3 is 10.1 Å². The van der Waals surface area contributed by atoms with Crippen molar-refractivity contribution in [1.82, 2.24) is 5.32 Å². The van der Waals surface area contributed by atoms with Crippen LogP contribution in [0, 0.1) is 11.6 Å². The molecule has 1 heterocycles. The zero-order chi connectivity index (χ0) is 13.7. The van der Waals surface area contributed by atoms with Crippen LogP contribution in [0.15, 0.2) is 18.2 Å². The molecular formula is C15H21F2NO. The van der Waals surface area contributed by atoms with E-state index in [9.17, 15) is 8.78 Å². The highest BCUT2D eigenvalue weighted by Crippen LogP contribution is 2.26. The van der Waals surface area contributed by atoms with Gasteiger partial charge in [0.2, 0.25) is 0 Å². The molecule has 0 amide bonds. The summed E-state index contributed by atoms with van der Waals surface area (Å²) in [5.74, 6) is -1.01. The molecule has 0 bridgehead atoms. The third-order valence-corrected chi connectivity index (χ3v) is 3.59. The quantitative estimate of drug-likeness (QED) is 0.852. The van der Waals surface area contributed by atoms with Crippen molar-refractivity contribution in [3.8, 4) is 0 Å². The van der Waals surface area contributed by atoms with E-state index in [1.807, 2.05) is 6.92 Å². The van der Waals surface area contributed by atoms with Crippen molar-refractivity contribution >= 4 is 0 Å². The van der Waals surface area contributed by atoms with Crippen molar-refractivity contribution in [3.05, 3.63) is 35.4 Å². The summed E-state index contributed by atoms with van der Waals surface area (Å²) >= 11 is 0. The highest BCUT2D eigenvalue weighted by Gasteiger charge is 2.20. The van der Waals surface area contributed by atoms with Gasteiger partial charge in [-0.2, -0.15) is 0 Å². The van der Waals surface area contributed by atoms with Gasteiger partial charge in [0.1, 0.15) is 11.6 Å². The van der Waals surface area contributed by atoms with Gasteiger partial charge >= 0.3 is 0 Å². The average Bonchev–Trinajstić information content (AvgIpc) is 2.88. The molecule has 0 spiro atoms. The Morgan fingerprint density at radius 3 is 2.89 bits per heavy atom. The molecule has 0 saturated carbocycles. The summed E-state index contributed by atoms with van der Waals surface area (Å²) in [4.78, 5) is 0. The van der Waals surface area contributed by atoms with Crippen LogP contribution in [0.25, 0.3) is 0 Å². The fourth-order valence-corrected chi connectivity index (χ4v) is 2.62. The molecule has 106 valence electrons. The predicted octanol–water partition coefficient (Wildman–Crippen LogP) is 3.57. The average molecular weight is 269 g/mol. The minimum atomic E-state index is -0.532. The summed E-state index contributed by atoms with van der Waals surface area (Å²) < 4.78 is 32.3. The van der Waals surface area contributed by atoms with Crippen LogP contribution < -0.4 is 5.32 Å². The van der Waals surface area contributed by atoms with Gasteiger partial charge in [-0.25, -0.2) is 8.78 Å². The fourth-order valence-electron chi connectivity index (χ4n) is 2.62. The largest absolute Gasteiger partial charge is 0.378 e. The molecule has 0 aromatic heterocycles. The Kier molecular flexibility index (Phi) is 5.28. The summed E-state index contributed by atoms with van der Waals surface area (Å²) in [6.07, 6.45) is 4.21. The first kappa shape index (κ1) is 14.4. The van der Waals surface area contributed by atoms with Crippen LogP contribution in [0.1, 0.15) is 44.2 Å². The number of halogens is 2. The lowest BCUT2D eigenvalue weighted by Crippen LogP contribution is -2.23. The lowest BCUT2D eigenvalue weighted by atomic mass is 9.98. The molecular weight excluding hydrogens is 248 g/mol. The van der Waals surface area contributed by atoms with Gasteiger partial charge in [0.25, 0.3) is 0 Å². The number of ether oxygens (including phenoxy) is 1. The van der Waals surface area contributed by atoms with Gasteiger partial charge in [0, 0.05) is 24.3 Å². The second-order valence-corrected chi connectivity index (χ2v) is 4.99. The fraction of sp³-hybridized carbons (Fsp3) is 0.600. The summed E-state index contributed by atoms with van der Waals surface area (Å²) in [7, 11) is 0. The molecule has 0 radical (unpaired) electrons. The molecule has 1 aliphatic rings. The zero-order valence-electron chi connectivity index (χ0n) is 11.3. The molecule has 19 heavy (non-hydrogen) atoms. The Hall–Kier alpha value is -1.00. The Morgan fingerprint density at radius 2 is 2.26 bits per heavy atom. The Labute approximate surface area is 113 Å². The smallest absolute Gasteiger partial charge is 0.130 e. The lowest BCUT2D eigenvalue weighted by Gasteiger charge is -2.20. The first-order valence-corrected chi connectivity index (χ1v) is 7.00. The van der Waals surface area contributed by atoms with Gasteiger partial charge in [-0.3, -0.25) is 0 Å². The lowest BCUT2D eigenvalue weighted by molar-refractivity contribution is 0.0995. The van der Waals surface area contributed by atoms with Crippen LogP contribution in [0.4, 0.5) is 8.78 Å². The third kappa shape index (κ3) is 3.98. The minimum Gasteiger partial charge on any atom is -0.378 e. The van der Waals surface area contributed by atoms with E-state index in [0.717, 1.165) is 44.9 Å². The van der Waals surface area contributed by atoms with Crippen molar-refractivity contribution in [3.63, 3.8) is 0 Å². The van der Waals surface area contributed by atoms with Crippen LogP contribution in [0.2, 0.25) is 0 Å². The van der Waals surface area contributed by atoms with Crippen LogP contribution >= 0.6 is 0 Å². The van der Waals surface area contributed by atoms with Crippen LogP contribution in [0.5, 0.6) is 0 Å². The normalized spacial score (nSPS) is 20.7. The molecule has 0 aliphatic carbocycles. The second-order valence-electron chi connectivity index (χ2n) is 4.99. The van der Waals surface area contributed by atoms with Crippen LogP contribution in [-0.2, 0) is 4.74 Å². The molecule has 2 rings (SSSR count). The van der Waals surface area contributed by atoms with Crippen molar-refractivity contribution in [2.24, 2.45) is 0 Å². The maximum atomic E-state index is 13.8. The molecule has 4 heteroatoms. The molecule has 1 N–H and O–H groups in total. The standard InChI is InChI=1S/C15H21F2NO/c1-2-18-15(8-6-12-4-3-9-19-12)13-7-5-11(16)10-14(13)17/h5,7,10,12,15,18H,2-4,6,8-9H2,1H3. The van der Waals surface area contributed by atoms with E-state index < -0.39 is 11.6 Å². The van der Waals surface area contributed by atoms with E-state index in [1.54, 1.807) is 0 Å². The molecule has 1 aromatic rings. The second kappa shape index (κ2) is 6.96. The first-order chi connectivity index (χ1) is 9.20. The molecule has 2 unspecified atom stereocenters. The molecule has 1 saturated heterocycles. The molecule has 1 aliphatic heterocycles. The van der Waals surface area contributed by atoms with E-state index in [-0.39, 0.29) is 6.04 Å². The number of hydrogen-bond donors (Lipinski definition) is 1. The van der Waals surface area contributed by atoms with Crippen molar-refractivity contribution in [2.75, 3.05) is 13.2 Å². The molecule has 2 atom stereocenters. The van der Waals surface area contributed by atoms with Crippen molar-refractivity contribution < 1.29 is 13.5 Å². The minimum absolute atomic E-state index is 0.0743. The van der Waals surface area contributed by atoms with E-state index >= 15 is 0 Å². The number of benzene rings is 1. The van der Waals surface area contributed by atoms with Crippen molar-refractivity contribution in [2.45, 2.75) is 44.8 Å². The van der Waals surface area contributed by atoms with Gasteiger partial charge in [0.05, 0.1) is 6.10 Å². The van der Waals surface area contributed by atoms with E-state index in [1.165, 1.54) is 12.1 Å². The maximum absolute atomic E-state index is 13.8. The van der Waals surface area contributed by atoms with Gasteiger partial charge in [-0.1, -0.05) is 13.0 Å². The molecule has 2 nitrogen and oxygen atoms in total. The summed E-state index contributed by atoms with van der Waals surface area (Å²) in [6, 6.07) is 3.73. The van der Waals surface area contributed by atoms with E-state index in [0.29, 0.717) is 11.7 Å². The summed E-state index contributed by atoms with van der Waals surface area (Å²) in [5.41, 5.74) is 0.543. The SMILES string of the molecule is CCNC(CCC1CCCO1)c1ccc(F)cc1F. The van der Waals surface area contributed by atoms with Crippen molar-refractivity contribution in [1.29, 1.82) is 0 Å². The number of rotatable bonds is 6. The first-order valence-electron chi connectivity index (χ1n) is 7.00. The maximum Gasteiger partial charge on any atom is 0.130 e. The third-order valence-electron chi connectivity index (χ3n) is 3.59. The molecule has 1 aromatic carbocycles. The summed E-state index contributed by atoms with van der Waals surface area (Å²) in [5, 5.41) is 3.27. The van der Waals surface area contributed by atoms with Gasteiger partial charge in [-0.15, -0.1) is 0 Å². The highest BCUT2D eigenvalue weighted by atomic mass is 19.1. The van der Waals surface area contributed by atoms with Gasteiger partial charge in [-0.05, 0) is 38.3 Å². The Morgan fingerprint density at radius 1 is 1.42 bits per heavy atom. The predicted molar refractivity (Wildman–Crippen MR) is 71.0 cm³/mol. The monoisotopic (exact) mass is 269 g/mol. The van der Waals surface area contributed by atoms with Crippen LogP contribution in [-0.4, -0.2) is 19.3 Å². The van der Waals surface area contributed by atoms with E-state index in [2.05, 4.69) is 5.32 Å². The van der Waals surface area contributed by atoms with Crippen LogP contribution in [0.3, 0.4) is 0 Å².